The minimum atomic E-state index is 0.743. The lowest BCUT2D eigenvalue weighted by Gasteiger charge is -2.15. The molecule has 0 spiro atoms. The van der Waals surface area contributed by atoms with Crippen LogP contribution in [0.4, 0.5) is 0 Å². The van der Waals surface area contributed by atoms with Crippen molar-refractivity contribution in [3.05, 3.63) is 47.5 Å². The van der Waals surface area contributed by atoms with Gasteiger partial charge in [-0.15, -0.1) is 0 Å². The minimum Gasteiger partial charge on any atom is -0.494 e. The normalized spacial score (nSPS) is 14.2. The highest BCUT2D eigenvalue weighted by atomic mass is 35.5. The molecule has 1 saturated carbocycles. The van der Waals surface area contributed by atoms with Gasteiger partial charge in [-0.2, -0.15) is 4.37 Å². The van der Waals surface area contributed by atoms with Gasteiger partial charge in [0.25, 0.3) is 0 Å². The van der Waals surface area contributed by atoms with E-state index in [0.29, 0.717) is 0 Å². The van der Waals surface area contributed by atoms with Gasteiger partial charge in [0.05, 0.1) is 17.0 Å². The van der Waals surface area contributed by atoms with Crippen molar-refractivity contribution in [1.29, 1.82) is 0 Å². The van der Waals surface area contributed by atoms with Crippen LogP contribution in [-0.2, 0) is 0 Å². The molecule has 0 radical (unpaired) electrons. The van der Waals surface area contributed by atoms with Crippen molar-refractivity contribution in [2.24, 2.45) is 5.92 Å². The fourth-order valence-corrected chi connectivity index (χ4v) is 4.28. The summed E-state index contributed by atoms with van der Waals surface area (Å²) in [7, 11) is 2.23. The van der Waals surface area contributed by atoms with E-state index in [9.17, 15) is 0 Å². The zero-order valence-corrected chi connectivity index (χ0v) is 17.2. The smallest absolute Gasteiger partial charge is 0.120 e. The van der Waals surface area contributed by atoms with Crippen molar-refractivity contribution in [2.75, 3.05) is 26.7 Å². The molecule has 1 heterocycles. The third-order valence-corrected chi connectivity index (χ3v) is 6.09. The Kier molecular flexibility index (Phi) is 5.96. The predicted octanol–water partition coefficient (Wildman–Crippen LogP) is 6.12. The Morgan fingerprint density at radius 3 is 2.74 bits per heavy atom. The van der Waals surface area contributed by atoms with E-state index in [-0.39, 0.29) is 0 Å². The molecular weight excluding hydrogens is 376 g/mol. The van der Waals surface area contributed by atoms with Gasteiger partial charge in [0.2, 0.25) is 0 Å². The summed E-state index contributed by atoms with van der Waals surface area (Å²) in [6.45, 7) is 3.20. The van der Waals surface area contributed by atoms with Crippen molar-refractivity contribution >= 4 is 33.2 Å². The van der Waals surface area contributed by atoms with Crippen LogP contribution in [-0.4, -0.2) is 36.0 Å². The zero-order chi connectivity index (χ0) is 18.6. The molecule has 1 fully saturated rings. The van der Waals surface area contributed by atoms with Crippen molar-refractivity contribution in [3.8, 4) is 17.0 Å². The maximum atomic E-state index is 5.99. The lowest BCUT2D eigenvalue weighted by molar-refractivity contribution is 0.274. The average molecular weight is 401 g/mol. The first-order chi connectivity index (χ1) is 13.2. The van der Waals surface area contributed by atoms with E-state index in [4.69, 9.17) is 16.3 Å². The molecule has 0 amide bonds. The van der Waals surface area contributed by atoms with E-state index in [0.717, 1.165) is 57.6 Å². The van der Waals surface area contributed by atoms with E-state index in [2.05, 4.69) is 34.5 Å². The Morgan fingerprint density at radius 2 is 1.96 bits per heavy atom. The van der Waals surface area contributed by atoms with E-state index in [1.54, 1.807) is 0 Å². The number of unbranched alkanes of at least 4 members (excludes halogenated alkanes) is 1. The van der Waals surface area contributed by atoms with Crippen molar-refractivity contribution in [3.63, 3.8) is 0 Å². The number of benzene rings is 2. The molecule has 4 rings (SSSR count). The van der Waals surface area contributed by atoms with Crippen molar-refractivity contribution < 1.29 is 4.74 Å². The number of halogens is 1. The Hall–Kier alpha value is -1.62. The molecule has 0 N–H and O–H groups in total. The average Bonchev–Trinajstić information content (AvgIpc) is 3.38. The maximum Gasteiger partial charge on any atom is 0.120 e. The van der Waals surface area contributed by atoms with Gasteiger partial charge >= 0.3 is 0 Å². The number of ether oxygens (including phenoxy) is 1. The van der Waals surface area contributed by atoms with Gasteiger partial charge in [-0.05, 0) is 87.1 Å². The quantitative estimate of drug-likeness (QED) is 0.404. The highest BCUT2D eigenvalue weighted by molar-refractivity contribution is 7.13. The summed E-state index contributed by atoms with van der Waals surface area (Å²) in [5.74, 6) is 1.90. The molecule has 1 aliphatic carbocycles. The lowest BCUT2D eigenvalue weighted by atomic mass is 10.1. The van der Waals surface area contributed by atoms with E-state index in [1.807, 2.05) is 24.3 Å². The SMILES string of the molecule is CN(CCCCOc1ccc2c(-c3ccc(Cl)cc3)nsc2c1)CC1CC1. The molecule has 0 bridgehead atoms. The van der Waals surface area contributed by atoms with Crippen molar-refractivity contribution in [2.45, 2.75) is 25.7 Å². The summed E-state index contributed by atoms with van der Waals surface area (Å²) < 4.78 is 11.7. The Bertz CT molecular complexity index is 889. The number of rotatable bonds is 9. The van der Waals surface area contributed by atoms with Crippen LogP contribution in [0.1, 0.15) is 25.7 Å². The molecule has 3 nitrogen and oxygen atoms in total. The molecule has 1 aliphatic rings. The van der Waals surface area contributed by atoms with Gasteiger partial charge in [-0.1, -0.05) is 23.7 Å². The molecule has 27 heavy (non-hydrogen) atoms. The monoisotopic (exact) mass is 400 g/mol. The van der Waals surface area contributed by atoms with Crippen LogP contribution in [0.25, 0.3) is 21.3 Å². The lowest BCUT2D eigenvalue weighted by Crippen LogP contribution is -2.22. The first-order valence-electron chi connectivity index (χ1n) is 9.66. The standard InChI is InChI=1S/C22H25ClN2OS/c1-25(15-16-4-5-16)12-2-3-13-26-19-10-11-20-21(14-19)27-24-22(20)17-6-8-18(23)9-7-17/h6-11,14,16H,2-5,12-13,15H2,1H3. The highest BCUT2D eigenvalue weighted by Crippen LogP contribution is 2.33. The highest BCUT2D eigenvalue weighted by Gasteiger charge is 2.22. The summed E-state index contributed by atoms with van der Waals surface area (Å²) >= 11 is 7.50. The van der Waals surface area contributed by atoms with Crippen LogP contribution in [0.2, 0.25) is 5.02 Å². The molecule has 142 valence electrons. The third-order valence-electron chi connectivity index (χ3n) is 5.03. The second-order valence-electron chi connectivity index (χ2n) is 7.46. The molecule has 1 aromatic heterocycles. The molecule has 0 aliphatic heterocycles. The Labute approximate surface area is 170 Å². The van der Waals surface area contributed by atoms with E-state index >= 15 is 0 Å². The second kappa shape index (κ2) is 8.59. The summed E-state index contributed by atoms with van der Waals surface area (Å²) in [5.41, 5.74) is 2.10. The molecule has 2 aromatic carbocycles. The van der Waals surface area contributed by atoms with Gasteiger partial charge in [0.1, 0.15) is 5.75 Å². The predicted molar refractivity (Wildman–Crippen MR) is 115 cm³/mol. The first-order valence-corrected chi connectivity index (χ1v) is 10.8. The number of aromatic nitrogens is 1. The molecule has 0 saturated heterocycles. The second-order valence-corrected chi connectivity index (χ2v) is 8.70. The summed E-state index contributed by atoms with van der Waals surface area (Å²) in [6.07, 6.45) is 5.12. The minimum absolute atomic E-state index is 0.743. The zero-order valence-electron chi connectivity index (χ0n) is 15.7. The van der Waals surface area contributed by atoms with Crippen LogP contribution in [0.5, 0.6) is 5.75 Å². The molecule has 5 heteroatoms. The van der Waals surface area contributed by atoms with E-state index in [1.165, 1.54) is 37.3 Å². The van der Waals surface area contributed by atoms with Gasteiger partial charge in [-0.25, -0.2) is 0 Å². The largest absolute Gasteiger partial charge is 0.494 e. The number of fused-ring (bicyclic) bond motifs is 1. The van der Waals surface area contributed by atoms with Crippen LogP contribution in [0, 0.1) is 5.92 Å². The Morgan fingerprint density at radius 1 is 1.15 bits per heavy atom. The van der Waals surface area contributed by atoms with Crippen LogP contribution < -0.4 is 4.74 Å². The molecule has 0 atom stereocenters. The summed E-state index contributed by atoms with van der Waals surface area (Å²) in [6, 6.07) is 14.1. The van der Waals surface area contributed by atoms with Gasteiger partial charge in [0.15, 0.2) is 0 Å². The first kappa shape index (κ1) is 18.7. The number of nitrogens with zero attached hydrogens (tertiary/aromatic N) is 2. The van der Waals surface area contributed by atoms with Gasteiger partial charge in [-0.3, -0.25) is 0 Å². The molecular formula is C22H25ClN2OS. The van der Waals surface area contributed by atoms with Crippen LogP contribution >= 0.6 is 23.1 Å². The van der Waals surface area contributed by atoms with E-state index < -0.39 is 0 Å². The topological polar surface area (TPSA) is 25.4 Å². The molecule has 3 aromatic rings. The molecule has 0 unspecified atom stereocenters. The van der Waals surface area contributed by atoms with Crippen molar-refractivity contribution in [1.82, 2.24) is 9.27 Å². The summed E-state index contributed by atoms with van der Waals surface area (Å²) in [4.78, 5) is 2.46. The Balaban J connectivity index is 1.30. The summed E-state index contributed by atoms with van der Waals surface area (Å²) in [5, 5.41) is 1.91. The van der Waals surface area contributed by atoms with Gasteiger partial charge in [0, 0.05) is 22.5 Å². The van der Waals surface area contributed by atoms with Crippen LogP contribution in [0.15, 0.2) is 42.5 Å². The fourth-order valence-electron chi connectivity index (χ4n) is 3.33. The maximum absolute atomic E-state index is 5.99. The number of hydrogen-bond acceptors (Lipinski definition) is 4. The number of hydrogen-bond donors (Lipinski definition) is 0. The van der Waals surface area contributed by atoms with Gasteiger partial charge < -0.3 is 9.64 Å². The van der Waals surface area contributed by atoms with Crippen LogP contribution in [0.3, 0.4) is 0 Å². The third kappa shape index (κ3) is 5.01. The fraction of sp³-hybridized carbons (Fsp3) is 0.409.